The number of likely N-dealkylation sites (tertiary alicyclic amines) is 1. The molecule has 1 amide bonds. The van der Waals surface area contributed by atoms with E-state index in [1.807, 2.05) is 30.3 Å². The molecule has 1 aliphatic rings. The minimum atomic E-state index is -0.521. The molecule has 0 bridgehead atoms. The van der Waals surface area contributed by atoms with E-state index in [0.717, 1.165) is 5.56 Å². The van der Waals surface area contributed by atoms with Gasteiger partial charge in [0.25, 0.3) is 0 Å². The molecule has 1 aromatic heterocycles. The number of benzene rings is 2. The molecule has 0 saturated carbocycles. The molecule has 1 unspecified atom stereocenters. The third kappa shape index (κ3) is 5.08. The summed E-state index contributed by atoms with van der Waals surface area (Å²) < 4.78 is 24.7. The number of amides is 1. The van der Waals surface area contributed by atoms with Gasteiger partial charge in [0.15, 0.2) is 0 Å². The van der Waals surface area contributed by atoms with Gasteiger partial charge in [0.2, 0.25) is 11.8 Å². The second-order valence-electron chi connectivity index (χ2n) is 7.54. The van der Waals surface area contributed by atoms with Crippen LogP contribution in [0.4, 0.5) is 9.18 Å². The van der Waals surface area contributed by atoms with Crippen LogP contribution in [0.5, 0.6) is 0 Å². The molecule has 1 fully saturated rings. The molecule has 32 heavy (non-hydrogen) atoms. The van der Waals surface area contributed by atoms with Gasteiger partial charge in [0.1, 0.15) is 11.9 Å². The Labute approximate surface area is 190 Å². The molecular formula is C23H24ClFN4O3. The number of ether oxygens (including phenoxy) is 1. The zero-order chi connectivity index (χ0) is 22.5. The first-order valence-electron chi connectivity index (χ1n) is 10.6. The zero-order valence-corrected chi connectivity index (χ0v) is 18.4. The Morgan fingerprint density at radius 3 is 2.69 bits per heavy atom. The van der Waals surface area contributed by atoms with E-state index in [1.165, 1.54) is 12.1 Å². The minimum Gasteiger partial charge on any atom is -0.450 e. The van der Waals surface area contributed by atoms with Gasteiger partial charge < -0.3 is 14.1 Å². The molecule has 7 nitrogen and oxygen atoms in total. The van der Waals surface area contributed by atoms with Crippen LogP contribution in [0, 0.1) is 5.82 Å². The summed E-state index contributed by atoms with van der Waals surface area (Å²) in [5, 5.41) is 12.2. The fourth-order valence-corrected chi connectivity index (χ4v) is 4.03. The second kappa shape index (κ2) is 10.1. The van der Waals surface area contributed by atoms with E-state index >= 15 is 0 Å². The Hall–Kier alpha value is -2.97. The van der Waals surface area contributed by atoms with Gasteiger partial charge in [-0.05, 0) is 49.6 Å². The van der Waals surface area contributed by atoms with E-state index in [0.29, 0.717) is 49.9 Å². The standard InChI is InChI=1S/C23H24ClFN4O3/c1-2-31-23(30)29-12-10-17(11-13-29)26-20(18-9-8-16(25)14-19(18)24)22-28-27-21(32-22)15-6-4-3-5-7-15/h3-9,14,17,20,26H,2,10-13H2,1H3. The molecule has 168 valence electrons. The smallest absolute Gasteiger partial charge is 0.409 e. The first kappa shape index (κ1) is 22.2. The fraction of sp³-hybridized carbons (Fsp3) is 0.348. The van der Waals surface area contributed by atoms with E-state index < -0.39 is 11.9 Å². The molecule has 0 radical (unpaired) electrons. The maximum absolute atomic E-state index is 13.7. The lowest BCUT2D eigenvalue weighted by molar-refractivity contribution is 0.0942. The van der Waals surface area contributed by atoms with Gasteiger partial charge in [-0.15, -0.1) is 10.2 Å². The average Bonchev–Trinajstić information content (AvgIpc) is 3.29. The average molecular weight is 459 g/mol. The number of piperidine rings is 1. The third-order valence-corrected chi connectivity index (χ3v) is 5.73. The maximum Gasteiger partial charge on any atom is 0.409 e. The third-order valence-electron chi connectivity index (χ3n) is 5.41. The van der Waals surface area contributed by atoms with Crippen molar-refractivity contribution in [2.75, 3.05) is 19.7 Å². The van der Waals surface area contributed by atoms with E-state index in [1.54, 1.807) is 17.9 Å². The summed E-state index contributed by atoms with van der Waals surface area (Å²) in [6.07, 6.45) is 1.13. The lowest BCUT2D eigenvalue weighted by Gasteiger charge is -2.33. The summed E-state index contributed by atoms with van der Waals surface area (Å²) in [4.78, 5) is 13.7. The summed E-state index contributed by atoms with van der Waals surface area (Å²) in [6, 6.07) is 13.3. The Kier molecular flexibility index (Phi) is 7.02. The highest BCUT2D eigenvalue weighted by Gasteiger charge is 2.30. The van der Waals surface area contributed by atoms with Crippen molar-refractivity contribution in [3.05, 3.63) is 70.8 Å². The van der Waals surface area contributed by atoms with Gasteiger partial charge >= 0.3 is 6.09 Å². The van der Waals surface area contributed by atoms with Gasteiger partial charge in [0, 0.05) is 29.7 Å². The molecule has 0 aliphatic carbocycles. The highest BCUT2D eigenvalue weighted by molar-refractivity contribution is 6.31. The van der Waals surface area contributed by atoms with Gasteiger partial charge in [0.05, 0.1) is 6.61 Å². The first-order valence-corrected chi connectivity index (χ1v) is 10.9. The van der Waals surface area contributed by atoms with Crippen LogP contribution in [0.1, 0.15) is 37.3 Å². The predicted molar refractivity (Wildman–Crippen MR) is 118 cm³/mol. The number of nitrogens with one attached hydrogen (secondary N) is 1. The minimum absolute atomic E-state index is 0.0684. The maximum atomic E-state index is 13.7. The normalized spacial score (nSPS) is 15.5. The van der Waals surface area contributed by atoms with Crippen LogP contribution in [-0.2, 0) is 4.74 Å². The summed E-state index contributed by atoms with van der Waals surface area (Å²) in [6.45, 7) is 3.28. The van der Waals surface area contributed by atoms with E-state index in [2.05, 4.69) is 15.5 Å². The molecule has 2 heterocycles. The van der Waals surface area contributed by atoms with Gasteiger partial charge in [-0.1, -0.05) is 35.9 Å². The van der Waals surface area contributed by atoms with Crippen LogP contribution in [0.3, 0.4) is 0 Å². The molecule has 4 rings (SSSR count). The van der Waals surface area contributed by atoms with Crippen LogP contribution >= 0.6 is 11.6 Å². The Morgan fingerprint density at radius 2 is 2.00 bits per heavy atom. The lowest BCUT2D eigenvalue weighted by atomic mass is 10.0. The van der Waals surface area contributed by atoms with Crippen LogP contribution in [0.2, 0.25) is 5.02 Å². The number of nitrogens with zero attached hydrogens (tertiary/aromatic N) is 3. The van der Waals surface area contributed by atoms with Crippen molar-refractivity contribution in [3.8, 4) is 11.5 Å². The number of aromatic nitrogens is 2. The molecule has 2 aromatic carbocycles. The summed E-state index contributed by atoms with van der Waals surface area (Å²) in [7, 11) is 0. The van der Waals surface area contributed by atoms with Crippen LogP contribution < -0.4 is 5.32 Å². The Morgan fingerprint density at radius 1 is 1.25 bits per heavy atom. The highest BCUT2D eigenvalue weighted by Crippen LogP contribution is 2.31. The number of carbonyl (C=O) groups excluding carboxylic acids is 1. The molecule has 1 N–H and O–H groups in total. The molecule has 3 aromatic rings. The van der Waals surface area contributed by atoms with Gasteiger partial charge in [-0.3, -0.25) is 5.32 Å². The zero-order valence-electron chi connectivity index (χ0n) is 17.6. The molecular weight excluding hydrogens is 435 g/mol. The van der Waals surface area contributed by atoms with Crippen LogP contribution in [0.15, 0.2) is 52.9 Å². The van der Waals surface area contributed by atoms with Crippen molar-refractivity contribution in [2.45, 2.75) is 31.8 Å². The number of hydrogen-bond donors (Lipinski definition) is 1. The van der Waals surface area contributed by atoms with E-state index in [4.69, 9.17) is 20.8 Å². The fourth-order valence-electron chi connectivity index (χ4n) is 3.76. The van der Waals surface area contributed by atoms with Crippen molar-refractivity contribution in [1.82, 2.24) is 20.4 Å². The lowest BCUT2D eigenvalue weighted by Crippen LogP contribution is -2.46. The SMILES string of the molecule is CCOC(=O)N1CCC(NC(c2nnc(-c3ccccc3)o2)c2ccc(F)cc2Cl)CC1. The van der Waals surface area contributed by atoms with Crippen molar-refractivity contribution < 1.29 is 18.3 Å². The van der Waals surface area contributed by atoms with Gasteiger partial charge in [-0.2, -0.15) is 0 Å². The number of carbonyl (C=O) groups is 1. The molecule has 9 heteroatoms. The van der Waals surface area contributed by atoms with Crippen molar-refractivity contribution in [2.24, 2.45) is 0 Å². The largest absolute Gasteiger partial charge is 0.450 e. The molecule has 0 spiro atoms. The van der Waals surface area contributed by atoms with Crippen LogP contribution in [0.25, 0.3) is 11.5 Å². The second-order valence-corrected chi connectivity index (χ2v) is 7.94. The summed E-state index contributed by atoms with van der Waals surface area (Å²) in [5.74, 6) is 0.309. The summed E-state index contributed by atoms with van der Waals surface area (Å²) in [5.41, 5.74) is 1.45. The van der Waals surface area contributed by atoms with Crippen molar-refractivity contribution in [1.29, 1.82) is 0 Å². The first-order chi connectivity index (χ1) is 15.5. The Bertz CT molecular complexity index is 1050. The summed E-state index contributed by atoms with van der Waals surface area (Å²) >= 11 is 6.38. The van der Waals surface area contributed by atoms with E-state index in [9.17, 15) is 9.18 Å². The predicted octanol–water partition coefficient (Wildman–Crippen LogP) is 4.83. The molecule has 1 saturated heterocycles. The quantitative estimate of drug-likeness (QED) is 0.570. The highest BCUT2D eigenvalue weighted by atomic mass is 35.5. The number of rotatable bonds is 6. The Balaban J connectivity index is 1.56. The monoisotopic (exact) mass is 458 g/mol. The molecule has 1 atom stereocenters. The number of hydrogen-bond acceptors (Lipinski definition) is 6. The number of halogens is 2. The van der Waals surface area contributed by atoms with Gasteiger partial charge in [-0.25, -0.2) is 9.18 Å². The van der Waals surface area contributed by atoms with Crippen molar-refractivity contribution >= 4 is 17.7 Å². The topological polar surface area (TPSA) is 80.5 Å². The van der Waals surface area contributed by atoms with E-state index in [-0.39, 0.29) is 17.2 Å². The van der Waals surface area contributed by atoms with Crippen LogP contribution in [-0.4, -0.2) is 46.9 Å². The van der Waals surface area contributed by atoms with Crippen molar-refractivity contribution in [3.63, 3.8) is 0 Å². The molecule has 1 aliphatic heterocycles.